The Morgan fingerprint density at radius 1 is 1.30 bits per heavy atom. The number of nitrogens with zero attached hydrogens (tertiary/aromatic N) is 3. The molecule has 7 heteroatoms. The van der Waals surface area contributed by atoms with Crippen LogP contribution in [0, 0.1) is 31.1 Å². The predicted molar refractivity (Wildman–Crippen MR) is 100 cm³/mol. The molecule has 0 bridgehead atoms. The Balaban J connectivity index is 2.10. The van der Waals surface area contributed by atoms with Crippen LogP contribution in [0.1, 0.15) is 42.5 Å². The van der Waals surface area contributed by atoms with E-state index in [1.807, 2.05) is 44.2 Å². The molecule has 0 radical (unpaired) electrons. The fourth-order valence-electron chi connectivity index (χ4n) is 2.59. The standard InChI is InChI=1S/C20H24N4O3/c1-13(2)20(5,12-21)22-17(25)11-27-19(26)18-14(3)23-24(15(18)4)16-9-7-6-8-10-16/h6-10,13H,11H2,1-5H3,(H,22,25)/t20-/m1/s1. The maximum absolute atomic E-state index is 12.5. The van der Waals surface area contributed by atoms with Gasteiger partial charge in [0.05, 0.1) is 23.1 Å². The number of nitriles is 1. The van der Waals surface area contributed by atoms with Gasteiger partial charge in [0.2, 0.25) is 0 Å². The molecule has 0 saturated carbocycles. The van der Waals surface area contributed by atoms with Gasteiger partial charge in [0.1, 0.15) is 11.1 Å². The fourth-order valence-corrected chi connectivity index (χ4v) is 2.59. The Hall–Kier alpha value is -3.14. The Labute approximate surface area is 158 Å². The van der Waals surface area contributed by atoms with Gasteiger partial charge in [-0.3, -0.25) is 4.79 Å². The molecule has 1 aromatic carbocycles. The van der Waals surface area contributed by atoms with Crippen LogP contribution in [0.2, 0.25) is 0 Å². The first-order valence-electron chi connectivity index (χ1n) is 8.70. The number of carbonyl (C=O) groups excluding carboxylic acids is 2. The topological polar surface area (TPSA) is 97.0 Å². The highest BCUT2D eigenvalue weighted by atomic mass is 16.5. The predicted octanol–water partition coefficient (Wildman–Crippen LogP) is 2.70. The summed E-state index contributed by atoms with van der Waals surface area (Å²) in [4.78, 5) is 24.6. The second kappa shape index (κ2) is 8.04. The van der Waals surface area contributed by atoms with E-state index in [1.54, 1.807) is 25.5 Å². The first-order valence-corrected chi connectivity index (χ1v) is 8.70. The first kappa shape index (κ1) is 20.2. The summed E-state index contributed by atoms with van der Waals surface area (Å²) in [6, 6.07) is 11.5. The lowest BCUT2D eigenvalue weighted by atomic mass is 9.90. The minimum absolute atomic E-state index is 0.0873. The molecule has 1 heterocycles. The second-order valence-corrected chi connectivity index (χ2v) is 6.89. The van der Waals surface area contributed by atoms with E-state index in [0.717, 1.165) is 5.69 Å². The minimum Gasteiger partial charge on any atom is -0.452 e. The van der Waals surface area contributed by atoms with Crippen LogP contribution in [0.25, 0.3) is 5.69 Å². The van der Waals surface area contributed by atoms with Gasteiger partial charge in [-0.05, 0) is 38.8 Å². The molecule has 1 N–H and O–H groups in total. The molecule has 27 heavy (non-hydrogen) atoms. The highest BCUT2D eigenvalue weighted by Gasteiger charge is 2.30. The Morgan fingerprint density at radius 2 is 1.93 bits per heavy atom. The van der Waals surface area contributed by atoms with Crippen LogP contribution >= 0.6 is 0 Å². The molecule has 1 aromatic heterocycles. The number of carbonyl (C=O) groups is 2. The highest BCUT2D eigenvalue weighted by molar-refractivity contribution is 5.93. The number of benzene rings is 1. The molecule has 1 atom stereocenters. The summed E-state index contributed by atoms with van der Waals surface area (Å²) in [5.74, 6) is -1.23. The summed E-state index contributed by atoms with van der Waals surface area (Å²) >= 11 is 0. The third kappa shape index (κ3) is 4.34. The molecule has 0 saturated heterocycles. The number of rotatable bonds is 6. The Morgan fingerprint density at radius 3 is 2.48 bits per heavy atom. The average Bonchev–Trinajstić information content (AvgIpc) is 2.94. The van der Waals surface area contributed by atoms with Crippen molar-refractivity contribution in [3.63, 3.8) is 0 Å². The summed E-state index contributed by atoms with van der Waals surface area (Å²) in [5.41, 5.74) is 1.29. The van der Waals surface area contributed by atoms with Crippen molar-refractivity contribution < 1.29 is 14.3 Å². The maximum atomic E-state index is 12.5. The van der Waals surface area contributed by atoms with Crippen LogP contribution in [-0.4, -0.2) is 33.8 Å². The summed E-state index contributed by atoms with van der Waals surface area (Å²) in [6.07, 6.45) is 0. The van der Waals surface area contributed by atoms with Crippen LogP contribution in [0.4, 0.5) is 0 Å². The fraction of sp³-hybridized carbons (Fsp3) is 0.400. The number of hydrogen-bond donors (Lipinski definition) is 1. The third-order valence-corrected chi connectivity index (χ3v) is 4.62. The molecule has 0 aliphatic rings. The molecular formula is C20H24N4O3. The van der Waals surface area contributed by atoms with E-state index in [-0.39, 0.29) is 5.92 Å². The summed E-state index contributed by atoms with van der Waals surface area (Å²) in [6.45, 7) is 8.33. The van der Waals surface area contributed by atoms with E-state index in [4.69, 9.17) is 4.74 Å². The number of para-hydroxylation sites is 1. The van der Waals surface area contributed by atoms with Crippen molar-refractivity contribution in [3.05, 3.63) is 47.3 Å². The average molecular weight is 368 g/mol. The van der Waals surface area contributed by atoms with Crippen molar-refractivity contribution in [2.24, 2.45) is 5.92 Å². The molecule has 0 aliphatic heterocycles. The number of amides is 1. The Bertz CT molecular complexity index is 881. The molecule has 0 aliphatic carbocycles. The molecule has 1 amide bonds. The van der Waals surface area contributed by atoms with E-state index in [1.165, 1.54) is 0 Å². The number of hydrogen-bond acceptors (Lipinski definition) is 5. The van der Waals surface area contributed by atoms with Crippen LogP contribution in [0.15, 0.2) is 30.3 Å². The second-order valence-electron chi connectivity index (χ2n) is 6.89. The molecule has 142 valence electrons. The number of aromatic nitrogens is 2. The van der Waals surface area contributed by atoms with E-state index in [2.05, 4.69) is 16.5 Å². The number of ether oxygens (including phenoxy) is 1. The zero-order valence-corrected chi connectivity index (χ0v) is 16.2. The van der Waals surface area contributed by atoms with Gasteiger partial charge in [0.15, 0.2) is 6.61 Å². The first-order chi connectivity index (χ1) is 12.7. The molecule has 0 spiro atoms. The van der Waals surface area contributed by atoms with Gasteiger partial charge in [0.25, 0.3) is 5.91 Å². The van der Waals surface area contributed by atoms with Gasteiger partial charge in [0, 0.05) is 0 Å². The number of aryl methyl sites for hydroxylation is 1. The highest BCUT2D eigenvalue weighted by Crippen LogP contribution is 2.19. The quantitative estimate of drug-likeness (QED) is 0.791. The van der Waals surface area contributed by atoms with Crippen molar-refractivity contribution in [3.8, 4) is 11.8 Å². The number of esters is 1. The molecule has 2 rings (SSSR count). The van der Waals surface area contributed by atoms with Crippen LogP contribution in [-0.2, 0) is 9.53 Å². The number of nitrogens with one attached hydrogen (secondary N) is 1. The summed E-state index contributed by atoms with van der Waals surface area (Å²) in [5, 5.41) is 16.3. The normalized spacial score (nSPS) is 12.9. The molecule has 0 unspecified atom stereocenters. The SMILES string of the molecule is Cc1nn(-c2ccccc2)c(C)c1C(=O)OCC(=O)N[C@](C)(C#N)C(C)C. The van der Waals surface area contributed by atoms with Gasteiger partial charge >= 0.3 is 5.97 Å². The van der Waals surface area contributed by atoms with E-state index >= 15 is 0 Å². The lowest BCUT2D eigenvalue weighted by Crippen LogP contribution is -2.50. The van der Waals surface area contributed by atoms with Crippen LogP contribution in [0.5, 0.6) is 0 Å². The largest absolute Gasteiger partial charge is 0.452 e. The van der Waals surface area contributed by atoms with Gasteiger partial charge in [-0.15, -0.1) is 0 Å². The Kier molecular flexibility index (Phi) is 6.01. The third-order valence-electron chi connectivity index (χ3n) is 4.62. The smallest absolute Gasteiger partial charge is 0.342 e. The van der Waals surface area contributed by atoms with E-state index in [0.29, 0.717) is 17.0 Å². The minimum atomic E-state index is -1.02. The zero-order chi connectivity index (χ0) is 20.2. The lowest BCUT2D eigenvalue weighted by molar-refractivity contribution is -0.125. The van der Waals surface area contributed by atoms with Crippen molar-refractivity contribution in [2.75, 3.05) is 6.61 Å². The maximum Gasteiger partial charge on any atom is 0.342 e. The van der Waals surface area contributed by atoms with Crippen molar-refractivity contribution in [2.45, 2.75) is 40.2 Å². The van der Waals surface area contributed by atoms with Crippen molar-refractivity contribution in [1.29, 1.82) is 5.26 Å². The molecule has 7 nitrogen and oxygen atoms in total. The van der Waals surface area contributed by atoms with Crippen molar-refractivity contribution >= 4 is 11.9 Å². The summed E-state index contributed by atoms with van der Waals surface area (Å²) in [7, 11) is 0. The lowest BCUT2D eigenvalue weighted by Gasteiger charge is -2.27. The monoisotopic (exact) mass is 368 g/mol. The van der Waals surface area contributed by atoms with E-state index < -0.39 is 24.0 Å². The van der Waals surface area contributed by atoms with Crippen LogP contribution < -0.4 is 5.32 Å². The van der Waals surface area contributed by atoms with Crippen molar-refractivity contribution in [1.82, 2.24) is 15.1 Å². The van der Waals surface area contributed by atoms with Crippen LogP contribution in [0.3, 0.4) is 0 Å². The molecular weight excluding hydrogens is 344 g/mol. The zero-order valence-electron chi connectivity index (χ0n) is 16.2. The molecule has 0 fully saturated rings. The van der Waals surface area contributed by atoms with E-state index in [9.17, 15) is 14.9 Å². The summed E-state index contributed by atoms with van der Waals surface area (Å²) < 4.78 is 6.82. The van der Waals surface area contributed by atoms with Gasteiger partial charge in [-0.2, -0.15) is 10.4 Å². The van der Waals surface area contributed by atoms with Gasteiger partial charge in [-0.1, -0.05) is 32.0 Å². The molecule has 2 aromatic rings. The van der Waals surface area contributed by atoms with Gasteiger partial charge in [-0.25, -0.2) is 9.48 Å². The van der Waals surface area contributed by atoms with Gasteiger partial charge < -0.3 is 10.1 Å².